The van der Waals surface area contributed by atoms with Gasteiger partial charge in [0.15, 0.2) is 11.8 Å². The van der Waals surface area contributed by atoms with Crippen molar-refractivity contribution in [1.82, 2.24) is 25.7 Å². The van der Waals surface area contributed by atoms with Crippen molar-refractivity contribution in [3.05, 3.63) is 34.1 Å². The molecule has 3 rings (SSSR count). The number of rotatable bonds is 8. The van der Waals surface area contributed by atoms with E-state index in [-0.39, 0.29) is 0 Å². The number of aromatic nitrogens is 2. The number of hydrogen-bond donors (Lipinski definition) is 2. The highest BCUT2D eigenvalue weighted by Crippen LogP contribution is 2.27. The van der Waals surface area contributed by atoms with Crippen molar-refractivity contribution in [2.45, 2.75) is 38.6 Å². The number of likely N-dealkylation sites (tertiary alicyclic amines) is 1. The average Bonchev–Trinajstić information content (AvgIpc) is 3.40. The van der Waals surface area contributed by atoms with Gasteiger partial charge in [0.05, 0.1) is 6.04 Å². The molecule has 0 amide bonds. The molecule has 8 heteroatoms. The molecule has 1 unspecified atom stereocenters. The van der Waals surface area contributed by atoms with Crippen molar-refractivity contribution < 1.29 is 4.52 Å². The second-order valence-electron chi connectivity index (χ2n) is 6.49. The Labute approximate surface area is 158 Å². The second-order valence-corrected chi connectivity index (χ2v) is 7.47. The summed E-state index contributed by atoms with van der Waals surface area (Å²) >= 11 is 1.83. The Hall–Kier alpha value is -1.93. The lowest BCUT2D eigenvalue weighted by Gasteiger charge is -2.27. The second kappa shape index (κ2) is 9.68. The first kappa shape index (κ1) is 18.8. The van der Waals surface area contributed by atoms with Gasteiger partial charge in [0.2, 0.25) is 5.89 Å². The summed E-state index contributed by atoms with van der Waals surface area (Å²) in [7, 11) is 1.81. The lowest BCUT2D eigenvalue weighted by molar-refractivity contribution is 0.249. The maximum Gasteiger partial charge on any atom is 0.226 e. The van der Waals surface area contributed by atoms with Gasteiger partial charge in [-0.25, -0.2) is 0 Å². The normalized spacial score (nSPS) is 16.8. The van der Waals surface area contributed by atoms with Crippen molar-refractivity contribution in [3.8, 4) is 0 Å². The minimum absolute atomic E-state index is 0.414. The molecule has 1 fully saturated rings. The highest BCUT2D eigenvalue weighted by molar-refractivity contribution is 7.10. The van der Waals surface area contributed by atoms with Crippen LogP contribution in [0.25, 0.3) is 0 Å². The Kier molecular flexibility index (Phi) is 7.02. The predicted molar refractivity (Wildman–Crippen MR) is 105 cm³/mol. The fourth-order valence-electron chi connectivity index (χ4n) is 3.25. The van der Waals surface area contributed by atoms with Crippen molar-refractivity contribution in [3.63, 3.8) is 0 Å². The zero-order valence-electron chi connectivity index (χ0n) is 15.6. The van der Waals surface area contributed by atoms with Gasteiger partial charge in [0.1, 0.15) is 0 Å². The molecule has 0 aliphatic carbocycles. The highest BCUT2D eigenvalue weighted by atomic mass is 32.1. The van der Waals surface area contributed by atoms with Crippen molar-refractivity contribution in [2.24, 2.45) is 4.99 Å². The predicted octanol–water partition coefficient (Wildman–Crippen LogP) is 2.37. The molecule has 0 bridgehead atoms. The first-order chi connectivity index (χ1) is 12.8. The van der Waals surface area contributed by atoms with E-state index in [2.05, 4.69) is 48.2 Å². The van der Waals surface area contributed by atoms with E-state index in [1.807, 2.05) is 25.3 Å². The molecular weight excluding hydrogens is 348 g/mol. The first-order valence-corrected chi connectivity index (χ1v) is 10.2. The third-order valence-corrected chi connectivity index (χ3v) is 5.54. The van der Waals surface area contributed by atoms with Crippen LogP contribution in [0.2, 0.25) is 0 Å². The van der Waals surface area contributed by atoms with Crippen LogP contribution >= 0.6 is 11.3 Å². The van der Waals surface area contributed by atoms with Gasteiger partial charge in [-0.3, -0.25) is 9.89 Å². The number of hydrogen-bond acceptors (Lipinski definition) is 6. The maximum absolute atomic E-state index is 5.14. The van der Waals surface area contributed by atoms with E-state index >= 15 is 0 Å². The molecule has 1 aliphatic heterocycles. The molecule has 0 spiro atoms. The summed E-state index contributed by atoms with van der Waals surface area (Å²) < 4.78 is 5.14. The third kappa shape index (κ3) is 5.28. The van der Waals surface area contributed by atoms with E-state index < -0.39 is 0 Å². The highest BCUT2D eigenvalue weighted by Gasteiger charge is 2.24. The molecule has 1 aliphatic rings. The van der Waals surface area contributed by atoms with Crippen molar-refractivity contribution in [2.75, 3.05) is 33.2 Å². The van der Waals surface area contributed by atoms with Crippen LogP contribution in [0.15, 0.2) is 27.0 Å². The lowest BCUT2D eigenvalue weighted by Crippen LogP contribution is -2.42. The molecule has 7 nitrogen and oxygen atoms in total. The smallest absolute Gasteiger partial charge is 0.226 e. The van der Waals surface area contributed by atoms with Gasteiger partial charge in [-0.05, 0) is 50.7 Å². The van der Waals surface area contributed by atoms with Crippen LogP contribution in [0.3, 0.4) is 0 Å². The largest absolute Gasteiger partial charge is 0.356 e. The standard InChI is InChI=1S/C18H28N6OS/c1-14-22-17(25-23-14)8-5-9-20-18(19-2)21-13-15(16-7-6-12-26-16)24-10-3-4-11-24/h6-7,12,15H,3-5,8-11,13H2,1-2H3,(H2,19,20,21). The van der Waals surface area contributed by atoms with Crippen LogP contribution in [0.4, 0.5) is 0 Å². The number of nitrogens with zero attached hydrogens (tertiary/aromatic N) is 4. The van der Waals surface area contributed by atoms with Gasteiger partial charge in [0.25, 0.3) is 0 Å². The molecule has 2 aromatic heterocycles. The van der Waals surface area contributed by atoms with Crippen molar-refractivity contribution in [1.29, 1.82) is 0 Å². The van der Waals surface area contributed by atoms with Crippen molar-refractivity contribution >= 4 is 17.3 Å². The Bertz CT molecular complexity index is 678. The molecule has 2 aromatic rings. The molecular formula is C18H28N6OS. The number of aliphatic imine (C=N–C) groups is 1. The minimum Gasteiger partial charge on any atom is -0.356 e. The Balaban J connectivity index is 1.44. The summed E-state index contributed by atoms with van der Waals surface area (Å²) in [6.07, 6.45) is 4.28. The van der Waals surface area contributed by atoms with E-state index in [1.54, 1.807) is 0 Å². The van der Waals surface area contributed by atoms with Gasteiger partial charge in [-0.15, -0.1) is 11.3 Å². The maximum atomic E-state index is 5.14. The summed E-state index contributed by atoms with van der Waals surface area (Å²) in [5, 5.41) is 12.8. The Morgan fingerprint density at radius 3 is 2.88 bits per heavy atom. The quantitative estimate of drug-likeness (QED) is 0.418. The van der Waals surface area contributed by atoms with Gasteiger partial charge in [-0.2, -0.15) is 4.98 Å². The van der Waals surface area contributed by atoms with E-state index in [0.29, 0.717) is 17.8 Å². The van der Waals surface area contributed by atoms with Crippen LogP contribution in [-0.4, -0.2) is 54.2 Å². The summed E-state index contributed by atoms with van der Waals surface area (Å²) in [5.41, 5.74) is 0. The molecule has 26 heavy (non-hydrogen) atoms. The average molecular weight is 377 g/mol. The van der Waals surface area contributed by atoms with Gasteiger partial charge in [0, 0.05) is 31.4 Å². The van der Waals surface area contributed by atoms with Crippen LogP contribution in [0, 0.1) is 6.92 Å². The van der Waals surface area contributed by atoms with Gasteiger partial charge < -0.3 is 15.2 Å². The summed E-state index contributed by atoms with van der Waals surface area (Å²) in [5.74, 6) is 2.22. The third-order valence-electron chi connectivity index (χ3n) is 4.57. The van der Waals surface area contributed by atoms with Gasteiger partial charge >= 0.3 is 0 Å². The van der Waals surface area contributed by atoms with Crippen LogP contribution < -0.4 is 10.6 Å². The van der Waals surface area contributed by atoms with Crippen LogP contribution in [-0.2, 0) is 6.42 Å². The Morgan fingerprint density at radius 1 is 1.38 bits per heavy atom. The number of nitrogens with one attached hydrogen (secondary N) is 2. The zero-order valence-corrected chi connectivity index (χ0v) is 16.4. The Morgan fingerprint density at radius 2 is 2.23 bits per heavy atom. The summed E-state index contributed by atoms with van der Waals surface area (Å²) in [4.78, 5) is 12.6. The molecule has 3 heterocycles. The fraction of sp³-hybridized carbons (Fsp3) is 0.611. The summed E-state index contributed by atoms with van der Waals surface area (Å²) in [6.45, 7) is 5.87. The monoisotopic (exact) mass is 376 g/mol. The van der Waals surface area contributed by atoms with E-state index in [4.69, 9.17) is 4.52 Å². The van der Waals surface area contributed by atoms with E-state index in [0.717, 1.165) is 31.9 Å². The molecule has 2 N–H and O–H groups in total. The topological polar surface area (TPSA) is 78.6 Å². The zero-order chi connectivity index (χ0) is 18.2. The number of aryl methyl sites for hydroxylation is 2. The fourth-order valence-corrected chi connectivity index (χ4v) is 4.11. The van der Waals surface area contributed by atoms with Crippen LogP contribution in [0.1, 0.15) is 41.9 Å². The lowest BCUT2D eigenvalue weighted by atomic mass is 10.2. The first-order valence-electron chi connectivity index (χ1n) is 9.27. The minimum atomic E-state index is 0.414. The van der Waals surface area contributed by atoms with Crippen LogP contribution in [0.5, 0.6) is 0 Å². The van der Waals surface area contributed by atoms with E-state index in [9.17, 15) is 0 Å². The van der Waals surface area contributed by atoms with Gasteiger partial charge in [-0.1, -0.05) is 11.2 Å². The number of thiophene rings is 1. The molecule has 142 valence electrons. The SMILES string of the molecule is CN=C(NCCCc1nc(C)no1)NCC(c1cccs1)N1CCCC1. The molecule has 0 aromatic carbocycles. The number of guanidine groups is 1. The molecule has 1 saturated heterocycles. The molecule has 0 radical (unpaired) electrons. The summed E-state index contributed by atoms with van der Waals surface area (Å²) in [6, 6.07) is 4.78. The molecule has 0 saturated carbocycles. The molecule has 1 atom stereocenters. The van der Waals surface area contributed by atoms with E-state index in [1.165, 1.54) is 30.8 Å².